The van der Waals surface area contributed by atoms with Gasteiger partial charge >= 0.3 is 0 Å². The maximum absolute atomic E-state index is 12.8. The lowest BCUT2D eigenvalue weighted by molar-refractivity contribution is 0.0915. The minimum absolute atomic E-state index is 0.0964. The van der Waals surface area contributed by atoms with Crippen LogP contribution in [0.1, 0.15) is 39.8 Å². The number of nitrogens with one attached hydrogen (secondary N) is 3. The molecule has 1 saturated heterocycles. The highest BCUT2D eigenvalue weighted by Crippen LogP contribution is 2.23. The van der Waals surface area contributed by atoms with E-state index in [0.717, 1.165) is 19.5 Å². The highest BCUT2D eigenvalue weighted by Gasteiger charge is 2.24. The molecule has 0 radical (unpaired) electrons. The Bertz CT molecular complexity index is 818. The summed E-state index contributed by atoms with van der Waals surface area (Å²) >= 11 is 6.07. The molecule has 6 nitrogen and oxygen atoms in total. The molecule has 0 bridgehead atoms. The summed E-state index contributed by atoms with van der Waals surface area (Å²) in [6, 6.07) is 6.53. The number of carbonyl (C=O) groups is 2. The molecule has 1 aliphatic rings. The number of hydrogen-bond donors (Lipinski definition) is 3. The Balaban J connectivity index is 1.80. The van der Waals surface area contributed by atoms with Gasteiger partial charge in [0.25, 0.3) is 11.8 Å². The van der Waals surface area contributed by atoms with Crippen LogP contribution >= 0.6 is 11.6 Å². The third-order valence-corrected chi connectivity index (χ3v) is 4.91. The summed E-state index contributed by atoms with van der Waals surface area (Å²) < 4.78 is 5.16. The Hall–Kier alpha value is -2.31. The molecule has 1 aromatic heterocycles. The molecule has 0 spiro atoms. The van der Waals surface area contributed by atoms with Crippen LogP contribution in [0, 0.1) is 12.8 Å². The van der Waals surface area contributed by atoms with Crippen LogP contribution in [0.25, 0.3) is 0 Å². The summed E-state index contributed by atoms with van der Waals surface area (Å²) in [4.78, 5) is 25.3. The van der Waals surface area contributed by atoms with E-state index in [0.29, 0.717) is 33.5 Å². The maximum Gasteiger partial charge on any atom is 0.259 e. The summed E-state index contributed by atoms with van der Waals surface area (Å²) in [6.07, 6.45) is 2.32. The fourth-order valence-electron chi connectivity index (χ4n) is 3.10. The van der Waals surface area contributed by atoms with Gasteiger partial charge in [-0.3, -0.25) is 9.59 Å². The highest BCUT2D eigenvalue weighted by molar-refractivity contribution is 6.31. The predicted octanol–water partition coefficient (Wildman–Crippen LogP) is 3.22. The molecule has 2 atom stereocenters. The zero-order valence-corrected chi connectivity index (χ0v) is 15.5. The molecule has 2 unspecified atom stereocenters. The van der Waals surface area contributed by atoms with E-state index in [-0.39, 0.29) is 17.9 Å². The van der Waals surface area contributed by atoms with Crippen molar-refractivity contribution < 1.29 is 14.0 Å². The van der Waals surface area contributed by atoms with E-state index < -0.39 is 0 Å². The van der Waals surface area contributed by atoms with Crippen LogP contribution in [0.5, 0.6) is 0 Å². The maximum atomic E-state index is 12.8. The lowest BCUT2D eigenvalue weighted by Crippen LogP contribution is -2.48. The van der Waals surface area contributed by atoms with Gasteiger partial charge in [0.15, 0.2) is 0 Å². The van der Waals surface area contributed by atoms with Gasteiger partial charge in [0, 0.05) is 11.1 Å². The van der Waals surface area contributed by atoms with Crippen LogP contribution in [0.4, 0.5) is 5.69 Å². The van der Waals surface area contributed by atoms with Gasteiger partial charge in [-0.15, -0.1) is 0 Å². The zero-order valence-electron chi connectivity index (χ0n) is 14.8. The molecular weight excluding hydrogens is 354 g/mol. The number of anilines is 1. The second kappa shape index (κ2) is 7.93. The van der Waals surface area contributed by atoms with Gasteiger partial charge < -0.3 is 20.4 Å². The van der Waals surface area contributed by atoms with E-state index in [2.05, 4.69) is 22.9 Å². The van der Waals surface area contributed by atoms with Crippen molar-refractivity contribution in [3.05, 3.63) is 52.4 Å². The number of carbonyl (C=O) groups excluding carboxylic acids is 2. The molecule has 0 aliphatic carbocycles. The number of benzene rings is 1. The predicted molar refractivity (Wildman–Crippen MR) is 101 cm³/mol. The van der Waals surface area contributed by atoms with Crippen LogP contribution in [0.3, 0.4) is 0 Å². The number of aryl methyl sites for hydroxylation is 1. The second-order valence-corrected chi connectivity index (χ2v) is 7.02. The Labute approximate surface area is 157 Å². The first kappa shape index (κ1) is 18.5. The summed E-state index contributed by atoms with van der Waals surface area (Å²) in [5, 5.41) is 9.59. The molecule has 3 rings (SSSR count). The Morgan fingerprint density at radius 3 is 2.73 bits per heavy atom. The molecule has 0 saturated carbocycles. The average molecular weight is 376 g/mol. The first-order valence-electron chi connectivity index (χ1n) is 8.62. The summed E-state index contributed by atoms with van der Waals surface area (Å²) in [7, 11) is 0. The standard InChI is InChI=1S/C19H22ClN3O3/c1-11-10-21-7-5-16(11)22-19(25)15-4-3-13(20)9-17(15)23-18(24)14-6-8-26-12(14)2/h3-4,6,8-9,11,16,21H,5,7,10H2,1-2H3,(H,22,25)(H,23,24). The largest absolute Gasteiger partial charge is 0.469 e. The van der Waals surface area contributed by atoms with E-state index in [4.69, 9.17) is 16.0 Å². The van der Waals surface area contributed by atoms with E-state index in [1.54, 1.807) is 31.2 Å². The van der Waals surface area contributed by atoms with E-state index in [1.807, 2.05) is 0 Å². The van der Waals surface area contributed by atoms with Crippen LogP contribution < -0.4 is 16.0 Å². The van der Waals surface area contributed by atoms with Crippen LogP contribution in [-0.4, -0.2) is 30.9 Å². The van der Waals surface area contributed by atoms with Crippen molar-refractivity contribution in [1.82, 2.24) is 10.6 Å². The van der Waals surface area contributed by atoms with Gasteiger partial charge in [0.05, 0.1) is 23.1 Å². The first-order valence-corrected chi connectivity index (χ1v) is 9.00. The SMILES string of the molecule is Cc1occc1C(=O)Nc1cc(Cl)ccc1C(=O)NC1CCNCC1C. The topological polar surface area (TPSA) is 83.4 Å². The zero-order chi connectivity index (χ0) is 18.7. The van der Waals surface area contributed by atoms with Crippen molar-refractivity contribution >= 4 is 29.1 Å². The molecule has 7 heteroatoms. The third kappa shape index (κ3) is 4.08. The van der Waals surface area contributed by atoms with Gasteiger partial charge in [-0.25, -0.2) is 0 Å². The number of piperidine rings is 1. The normalized spacial score (nSPS) is 19.8. The molecule has 138 valence electrons. The molecule has 1 aliphatic heterocycles. The Morgan fingerprint density at radius 1 is 1.23 bits per heavy atom. The van der Waals surface area contributed by atoms with Gasteiger partial charge in [0.1, 0.15) is 5.76 Å². The van der Waals surface area contributed by atoms with Crippen LogP contribution in [-0.2, 0) is 0 Å². The Kier molecular flexibility index (Phi) is 5.64. The minimum atomic E-state index is -0.345. The van der Waals surface area contributed by atoms with Crippen molar-refractivity contribution in [1.29, 1.82) is 0 Å². The molecule has 2 aromatic rings. The van der Waals surface area contributed by atoms with E-state index >= 15 is 0 Å². The number of rotatable bonds is 4. The first-order chi connectivity index (χ1) is 12.5. The number of amides is 2. The lowest BCUT2D eigenvalue weighted by atomic mass is 9.95. The fraction of sp³-hybridized carbons (Fsp3) is 0.368. The number of hydrogen-bond acceptors (Lipinski definition) is 4. The monoisotopic (exact) mass is 375 g/mol. The van der Waals surface area contributed by atoms with Crippen molar-refractivity contribution in [2.24, 2.45) is 5.92 Å². The van der Waals surface area contributed by atoms with Crippen molar-refractivity contribution in [2.45, 2.75) is 26.3 Å². The minimum Gasteiger partial charge on any atom is -0.469 e. The molecule has 1 aromatic carbocycles. The molecule has 2 amide bonds. The Morgan fingerprint density at radius 2 is 2.04 bits per heavy atom. The van der Waals surface area contributed by atoms with Crippen LogP contribution in [0.2, 0.25) is 5.02 Å². The summed E-state index contributed by atoms with van der Waals surface area (Å²) in [6.45, 7) is 5.55. The molecule has 26 heavy (non-hydrogen) atoms. The van der Waals surface area contributed by atoms with Crippen molar-refractivity contribution in [2.75, 3.05) is 18.4 Å². The average Bonchev–Trinajstić information content (AvgIpc) is 3.03. The van der Waals surface area contributed by atoms with Gasteiger partial charge in [-0.1, -0.05) is 18.5 Å². The lowest BCUT2D eigenvalue weighted by Gasteiger charge is -2.30. The fourth-order valence-corrected chi connectivity index (χ4v) is 3.27. The molecule has 1 fully saturated rings. The van der Waals surface area contributed by atoms with Gasteiger partial charge in [-0.05, 0) is 56.6 Å². The molecular formula is C19H22ClN3O3. The van der Waals surface area contributed by atoms with E-state index in [9.17, 15) is 9.59 Å². The van der Waals surface area contributed by atoms with Gasteiger partial charge in [0.2, 0.25) is 0 Å². The number of furan rings is 1. The van der Waals surface area contributed by atoms with Gasteiger partial charge in [-0.2, -0.15) is 0 Å². The third-order valence-electron chi connectivity index (χ3n) is 4.68. The van der Waals surface area contributed by atoms with Crippen molar-refractivity contribution in [3.8, 4) is 0 Å². The quantitative estimate of drug-likeness (QED) is 0.766. The molecule has 2 heterocycles. The van der Waals surface area contributed by atoms with Crippen LogP contribution in [0.15, 0.2) is 34.9 Å². The smallest absolute Gasteiger partial charge is 0.259 e. The van der Waals surface area contributed by atoms with Crippen molar-refractivity contribution in [3.63, 3.8) is 0 Å². The number of halogens is 1. The highest BCUT2D eigenvalue weighted by atomic mass is 35.5. The summed E-state index contributed by atoms with van der Waals surface area (Å²) in [5.41, 5.74) is 1.18. The molecule has 3 N–H and O–H groups in total. The van der Waals surface area contributed by atoms with E-state index in [1.165, 1.54) is 6.26 Å². The summed E-state index contributed by atoms with van der Waals surface area (Å²) in [5.74, 6) is 0.285. The second-order valence-electron chi connectivity index (χ2n) is 6.58.